The number of esters is 1. The van der Waals surface area contributed by atoms with E-state index in [0.29, 0.717) is 11.3 Å². The molecule has 0 spiro atoms. The lowest BCUT2D eigenvalue weighted by Gasteiger charge is -2.05. The summed E-state index contributed by atoms with van der Waals surface area (Å²) in [5.74, 6) is -0.492. The van der Waals surface area contributed by atoms with Crippen LogP contribution in [-0.4, -0.2) is 18.1 Å². The molecule has 0 atom stereocenters. The van der Waals surface area contributed by atoms with E-state index in [9.17, 15) is 9.59 Å². The van der Waals surface area contributed by atoms with Crippen LogP contribution < -0.4 is 5.56 Å². The van der Waals surface area contributed by atoms with Gasteiger partial charge in [0.25, 0.3) is 0 Å². The number of aromatic amines is 1. The molecule has 2 rings (SSSR count). The normalized spacial score (nSPS) is 10.1. The molecule has 0 radical (unpaired) electrons. The first-order chi connectivity index (χ1) is 8.61. The van der Waals surface area contributed by atoms with Crippen molar-refractivity contribution in [3.8, 4) is 11.3 Å². The maximum atomic E-state index is 11.4. The van der Waals surface area contributed by atoms with Gasteiger partial charge in [-0.3, -0.25) is 4.79 Å². The number of halogens is 1. The van der Waals surface area contributed by atoms with Gasteiger partial charge in [0.15, 0.2) is 0 Å². The number of hydrogen-bond acceptors (Lipinski definition) is 3. The molecular formula is C13H10ClNO3. The van der Waals surface area contributed by atoms with Crippen LogP contribution in [0.3, 0.4) is 0 Å². The molecule has 0 aliphatic heterocycles. The Hall–Kier alpha value is -2.07. The monoisotopic (exact) mass is 263 g/mol. The fourth-order valence-electron chi connectivity index (χ4n) is 1.57. The van der Waals surface area contributed by atoms with E-state index in [1.54, 1.807) is 30.3 Å². The van der Waals surface area contributed by atoms with Crippen molar-refractivity contribution >= 4 is 17.6 Å². The van der Waals surface area contributed by atoms with Gasteiger partial charge in [0.2, 0.25) is 5.56 Å². The third-order valence-electron chi connectivity index (χ3n) is 2.45. The van der Waals surface area contributed by atoms with Gasteiger partial charge in [-0.05, 0) is 23.8 Å². The predicted octanol–water partition coefficient (Wildman–Crippen LogP) is 2.48. The van der Waals surface area contributed by atoms with Gasteiger partial charge in [-0.1, -0.05) is 23.7 Å². The molecule has 1 heterocycles. The van der Waals surface area contributed by atoms with E-state index in [-0.39, 0.29) is 10.6 Å². The lowest BCUT2D eigenvalue weighted by atomic mass is 10.1. The molecule has 5 heteroatoms. The number of carbonyl (C=O) groups excluding carboxylic acids is 1. The van der Waals surface area contributed by atoms with Gasteiger partial charge in [0, 0.05) is 11.8 Å². The van der Waals surface area contributed by atoms with E-state index in [2.05, 4.69) is 9.72 Å². The van der Waals surface area contributed by atoms with E-state index in [0.717, 1.165) is 5.56 Å². The minimum Gasteiger partial charge on any atom is -0.465 e. The summed E-state index contributed by atoms with van der Waals surface area (Å²) in [5, 5.41) is 0.282. The number of pyridine rings is 1. The van der Waals surface area contributed by atoms with Gasteiger partial charge in [0.1, 0.15) is 0 Å². The molecule has 92 valence electrons. The second-order valence-electron chi connectivity index (χ2n) is 3.61. The van der Waals surface area contributed by atoms with E-state index < -0.39 is 5.97 Å². The maximum absolute atomic E-state index is 11.4. The Balaban J connectivity index is 2.46. The topological polar surface area (TPSA) is 59.2 Å². The number of rotatable bonds is 2. The summed E-state index contributed by atoms with van der Waals surface area (Å²) in [6.45, 7) is 0. The number of aromatic nitrogens is 1. The average Bonchev–Trinajstić information content (AvgIpc) is 2.37. The number of ether oxygens (including phenoxy) is 1. The van der Waals surface area contributed by atoms with Gasteiger partial charge >= 0.3 is 5.97 Å². The molecular weight excluding hydrogens is 254 g/mol. The summed E-state index contributed by atoms with van der Waals surface area (Å²) in [6.07, 6.45) is 0. The first kappa shape index (κ1) is 12.4. The van der Waals surface area contributed by atoms with E-state index in [1.807, 2.05) is 0 Å². The Morgan fingerprint density at radius 3 is 2.67 bits per heavy atom. The Labute approximate surface area is 108 Å². The van der Waals surface area contributed by atoms with Gasteiger partial charge < -0.3 is 9.72 Å². The zero-order chi connectivity index (χ0) is 13.1. The van der Waals surface area contributed by atoms with Crippen LogP contribution in [0.25, 0.3) is 11.3 Å². The Morgan fingerprint density at radius 1 is 1.28 bits per heavy atom. The van der Waals surface area contributed by atoms with E-state index in [4.69, 9.17) is 11.6 Å². The highest BCUT2D eigenvalue weighted by Gasteiger charge is 2.11. The average molecular weight is 264 g/mol. The SMILES string of the molecule is COC(=O)c1ccc(-c2cccc(=O)[nH]2)cc1Cl. The van der Waals surface area contributed by atoms with Crippen LogP contribution in [0.15, 0.2) is 41.2 Å². The summed E-state index contributed by atoms with van der Waals surface area (Å²) in [4.78, 5) is 25.3. The van der Waals surface area contributed by atoms with E-state index in [1.165, 1.54) is 13.2 Å². The van der Waals surface area contributed by atoms with Crippen molar-refractivity contribution in [1.82, 2.24) is 4.98 Å². The first-order valence-corrected chi connectivity index (χ1v) is 5.57. The summed E-state index contributed by atoms with van der Waals surface area (Å²) < 4.78 is 4.60. The van der Waals surface area contributed by atoms with Crippen LogP contribution in [0.2, 0.25) is 5.02 Å². The second-order valence-corrected chi connectivity index (χ2v) is 4.02. The largest absolute Gasteiger partial charge is 0.465 e. The van der Waals surface area contributed by atoms with Crippen molar-refractivity contribution in [2.75, 3.05) is 7.11 Å². The highest BCUT2D eigenvalue weighted by atomic mass is 35.5. The second kappa shape index (κ2) is 5.06. The van der Waals surface area contributed by atoms with Gasteiger partial charge in [-0.25, -0.2) is 4.79 Å². The Morgan fingerprint density at radius 2 is 2.06 bits per heavy atom. The maximum Gasteiger partial charge on any atom is 0.339 e. The van der Waals surface area contributed by atoms with Crippen molar-refractivity contribution in [3.63, 3.8) is 0 Å². The lowest BCUT2D eigenvalue weighted by molar-refractivity contribution is 0.0601. The molecule has 18 heavy (non-hydrogen) atoms. The molecule has 0 saturated heterocycles. The molecule has 0 saturated carbocycles. The van der Waals surface area contributed by atoms with Gasteiger partial charge in [0.05, 0.1) is 17.7 Å². The molecule has 4 nitrogen and oxygen atoms in total. The minimum absolute atomic E-state index is 0.194. The van der Waals surface area contributed by atoms with Crippen molar-refractivity contribution in [2.24, 2.45) is 0 Å². The predicted molar refractivity (Wildman–Crippen MR) is 68.8 cm³/mol. The smallest absolute Gasteiger partial charge is 0.339 e. The van der Waals surface area contributed by atoms with Crippen molar-refractivity contribution < 1.29 is 9.53 Å². The molecule has 0 fully saturated rings. The van der Waals surface area contributed by atoms with E-state index >= 15 is 0 Å². The molecule has 0 aliphatic carbocycles. The molecule has 1 aromatic heterocycles. The zero-order valence-electron chi connectivity index (χ0n) is 9.57. The molecule has 0 bridgehead atoms. The summed E-state index contributed by atoms with van der Waals surface area (Å²) in [6, 6.07) is 9.70. The Kier molecular flexibility index (Phi) is 3.48. The zero-order valence-corrected chi connectivity index (χ0v) is 10.3. The van der Waals surface area contributed by atoms with Crippen LogP contribution in [0.1, 0.15) is 10.4 Å². The Bertz CT molecular complexity index is 649. The highest BCUT2D eigenvalue weighted by Crippen LogP contribution is 2.24. The molecule has 2 aromatic rings. The van der Waals surface area contributed by atoms with Crippen LogP contribution in [0, 0.1) is 0 Å². The summed E-state index contributed by atoms with van der Waals surface area (Å²) in [5.41, 5.74) is 1.47. The molecule has 0 amide bonds. The van der Waals surface area contributed by atoms with Crippen LogP contribution >= 0.6 is 11.6 Å². The van der Waals surface area contributed by atoms with Crippen molar-refractivity contribution in [1.29, 1.82) is 0 Å². The third-order valence-corrected chi connectivity index (χ3v) is 2.77. The molecule has 1 aromatic carbocycles. The van der Waals surface area contributed by atoms with Crippen LogP contribution in [0.5, 0.6) is 0 Å². The van der Waals surface area contributed by atoms with Crippen LogP contribution in [0.4, 0.5) is 0 Å². The van der Waals surface area contributed by atoms with Crippen molar-refractivity contribution in [3.05, 3.63) is 57.3 Å². The summed E-state index contributed by atoms with van der Waals surface area (Å²) in [7, 11) is 1.29. The number of methoxy groups -OCH3 is 1. The molecule has 1 N–H and O–H groups in total. The fraction of sp³-hybridized carbons (Fsp3) is 0.0769. The molecule has 0 aliphatic rings. The van der Waals surface area contributed by atoms with Gasteiger partial charge in [-0.15, -0.1) is 0 Å². The fourth-order valence-corrected chi connectivity index (χ4v) is 1.83. The lowest BCUT2D eigenvalue weighted by Crippen LogP contribution is -2.04. The first-order valence-electron chi connectivity index (χ1n) is 5.19. The standard InChI is InChI=1S/C13H10ClNO3/c1-18-13(17)9-6-5-8(7-10(9)14)11-3-2-4-12(16)15-11/h2-7H,1H3,(H,15,16). The number of hydrogen-bond donors (Lipinski definition) is 1. The number of H-pyrrole nitrogens is 1. The molecule has 0 unspecified atom stereocenters. The number of benzene rings is 1. The minimum atomic E-state index is -0.492. The third kappa shape index (κ3) is 2.43. The van der Waals surface area contributed by atoms with Crippen molar-refractivity contribution in [2.45, 2.75) is 0 Å². The quantitative estimate of drug-likeness (QED) is 0.847. The summed E-state index contributed by atoms with van der Waals surface area (Å²) >= 11 is 6.00. The highest BCUT2D eigenvalue weighted by molar-refractivity contribution is 6.33. The van der Waals surface area contributed by atoms with Crippen LogP contribution in [-0.2, 0) is 4.74 Å². The van der Waals surface area contributed by atoms with Gasteiger partial charge in [-0.2, -0.15) is 0 Å². The number of carbonyl (C=O) groups is 1. The number of nitrogens with one attached hydrogen (secondary N) is 1.